The first kappa shape index (κ1) is 15.9. The first-order valence-corrected chi connectivity index (χ1v) is 5.10. The van der Waals surface area contributed by atoms with E-state index < -0.39 is 41.5 Å². The summed E-state index contributed by atoms with van der Waals surface area (Å²) in [4.78, 5) is 14.3. The minimum Gasteiger partial charge on any atom is -0.505 e. The van der Waals surface area contributed by atoms with Gasteiger partial charge in [0.15, 0.2) is 0 Å². The average molecular weight is 301 g/mol. The SMILES string of the molecule is CCOC(=O)c1c(O)cnc(OC(F)(F)F)c1C(F)F. The highest BCUT2D eigenvalue weighted by molar-refractivity contribution is 5.94. The van der Waals surface area contributed by atoms with Crippen LogP contribution in [0.3, 0.4) is 0 Å². The first-order chi connectivity index (χ1) is 9.17. The molecule has 10 heteroatoms. The summed E-state index contributed by atoms with van der Waals surface area (Å²) in [5.41, 5.74) is -2.60. The first-order valence-electron chi connectivity index (χ1n) is 5.10. The van der Waals surface area contributed by atoms with Crippen molar-refractivity contribution in [1.29, 1.82) is 0 Å². The van der Waals surface area contributed by atoms with Crippen LogP contribution >= 0.6 is 0 Å². The Balaban J connectivity index is 3.41. The molecule has 1 N–H and O–H groups in total. The number of nitrogens with zero attached hydrogens (tertiary/aromatic N) is 1. The second-order valence-corrected chi connectivity index (χ2v) is 3.31. The Morgan fingerprint density at radius 1 is 1.45 bits per heavy atom. The Bertz CT molecular complexity index is 503. The van der Waals surface area contributed by atoms with Gasteiger partial charge in [0.1, 0.15) is 11.3 Å². The lowest BCUT2D eigenvalue weighted by Gasteiger charge is -2.15. The Hall–Kier alpha value is -2.13. The van der Waals surface area contributed by atoms with Gasteiger partial charge in [0.25, 0.3) is 6.43 Å². The summed E-state index contributed by atoms with van der Waals surface area (Å²) in [5.74, 6) is -3.96. The van der Waals surface area contributed by atoms with Crippen LogP contribution in [0.5, 0.6) is 11.6 Å². The number of aromatic nitrogens is 1. The van der Waals surface area contributed by atoms with Gasteiger partial charge in [-0.2, -0.15) is 0 Å². The molecule has 20 heavy (non-hydrogen) atoms. The number of hydrogen-bond donors (Lipinski definition) is 1. The summed E-state index contributed by atoms with van der Waals surface area (Å²) in [6.07, 6.45) is -8.43. The monoisotopic (exact) mass is 301 g/mol. The fourth-order valence-corrected chi connectivity index (χ4v) is 1.31. The fourth-order valence-electron chi connectivity index (χ4n) is 1.31. The quantitative estimate of drug-likeness (QED) is 0.684. The van der Waals surface area contributed by atoms with Crippen LogP contribution in [0.1, 0.15) is 29.3 Å². The van der Waals surface area contributed by atoms with Crippen LogP contribution < -0.4 is 4.74 Å². The van der Waals surface area contributed by atoms with E-state index in [0.29, 0.717) is 6.20 Å². The molecule has 0 unspecified atom stereocenters. The number of carbonyl (C=O) groups is 1. The van der Waals surface area contributed by atoms with E-state index in [0.717, 1.165) is 0 Å². The largest absolute Gasteiger partial charge is 0.574 e. The molecule has 0 aliphatic heterocycles. The maximum Gasteiger partial charge on any atom is 0.574 e. The van der Waals surface area contributed by atoms with E-state index in [1.54, 1.807) is 0 Å². The molecular weight excluding hydrogens is 293 g/mol. The Kier molecular flexibility index (Phi) is 4.69. The third kappa shape index (κ3) is 3.68. The highest BCUT2D eigenvalue weighted by atomic mass is 19.4. The molecule has 0 spiro atoms. The van der Waals surface area contributed by atoms with Crippen molar-refractivity contribution in [1.82, 2.24) is 4.98 Å². The molecule has 0 atom stereocenters. The van der Waals surface area contributed by atoms with Crippen molar-refractivity contribution in [3.05, 3.63) is 17.3 Å². The van der Waals surface area contributed by atoms with E-state index in [4.69, 9.17) is 0 Å². The van der Waals surface area contributed by atoms with Crippen molar-refractivity contribution >= 4 is 5.97 Å². The molecule has 0 aliphatic rings. The molecule has 0 bridgehead atoms. The number of hydrogen-bond acceptors (Lipinski definition) is 5. The lowest BCUT2D eigenvalue weighted by atomic mass is 10.1. The maximum atomic E-state index is 12.8. The Labute approximate surface area is 108 Å². The molecule has 0 amide bonds. The van der Waals surface area contributed by atoms with Gasteiger partial charge < -0.3 is 14.6 Å². The third-order valence-electron chi connectivity index (χ3n) is 1.97. The zero-order chi connectivity index (χ0) is 15.5. The van der Waals surface area contributed by atoms with Crippen molar-refractivity contribution in [2.75, 3.05) is 6.61 Å². The molecule has 1 heterocycles. The number of rotatable bonds is 4. The van der Waals surface area contributed by atoms with Crippen molar-refractivity contribution < 1.29 is 41.3 Å². The zero-order valence-electron chi connectivity index (χ0n) is 9.87. The summed E-state index contributed by atoms with van der Waals surface area (Å²) in [6, 6.07) is 0. The molecule has 0 aromatic carbocycles. The smallest absolute Gasteiger partial charge is 0.505 e. The number of esters is 1. The lowest BCUT2D eigenvalue weighted by molar-refractivity contribution is -0.276. The number of carbonyl (C=O) groups excluding carboxylic acids is 1. The molecule has 0 fully saturated rings. The standard InChI is InChI=1S/C10H8F5NO4/c1-2-19-9(18)5-4(17)3-16-8(6(5)7(11)12)20-10(13,14)15/h3,7,17H,2H2,1H3. The Morgan fingerprint density at radius 3 is 2.50 bits per heavy atom. The number of alkyl halides is 5. The van der Waals surface area contributed by atoms with Crippen LogP contribution in [0.15, 0.2) is 6.20 Å². The summed E-state index contributed by atoms with van der Waals surface area (Å²) in [5, 5.41) is 9.33. The van der Waals surface area contributed by atoms with Crippen LogP contribution in [0.4, 0.5) is 22.0 Å². The van der Waals surface area contributed by atoms with E-state index in [-0.39, 0.29) is 6.61 Å². The van der Waals surface area contributed by atoms with Crippen LogP contribution in [0.25, 0.3) is 0 Å². The van der Waals surface area contributed by atoms with E-state index >= 15 is 0 Å². The predicted octanol–water partition coefficient (Wildman–Crippen LogP) is 2.80. The normalized spacial score (nSPS) is 11.6. The predicted molar refractivity (Wildman–Crippen MR) is 53.5 cm³/mol. The number of pyridine rings is 1. The van der Waals surface area contributed by atoms with Gasteiger partial charge in [0.2, 0.25) is 5.88 Å². The minimum atomic E-state index is -5.28. The van der Waals surface area contributed by atoms with E-state index in [1.165, 1.54) is 6.92 Å². The van der Waals surface area contributed by atoms with Crippen molar-refractivity contribution in [2.24, 2.45) is 0 Å². The number of ether oxygens (including phenoxy) is 2. The molecule has 0 aliphatic carbocycles. The summed E-state index contributed by atoms with van der Waals surface area (Å²) in [7, 11) is 0. The van der Waals surface area contributed by atoms with Gasteiger partial charge in [-0.05, 0) is 6.92 Å². The average Bonchev–Trinajstić information content (AvgIpc) is 2.29. The number of halogens is 5. The zero-order valence-corrected chi connectivity index (χ0v) is 9.87. The highest BCUT2D eigenvalue weighted by Crippen LogP contribution is 2.37. The number of aromatic hydroxyl groups is 1. The van der Waals surface area contributed by atoms with Crippen LogP contribution in [0, 0.1) is 0 Å². The van der Waals surface area contributed by atoms with E-state index in [1.807, 2.05) is 0 Å². The molecule has 1 aromatic heterocycles. The third-order valence-corrected chi connectivity index (χ3v) is 1.97. The molecular formula is C10H8F5NO4. The maximum absolute atomic E-state index is 12.8. The van der Waals surface area contributed by atoms with Crippen molar-refractivity contribution in [2.45, 2.75) is 19.7 Å². The van der Waals surface area contributed by atoms with Crippen LogP contribution in [-0.4, -0.2) is 29.0 Å². The topological polar surface area (TPSA) is 68.7 Å². The highest BCUT2D eigenvalue weighted by Gasteiger charge is 2.37. The van der Waals surface area contributed by atoms with E-state index in [2.05, 4.69) is 14.5 Å². The van der Waals surface area contributed by atoms with Gasteiger partial charge in [0.05, 0.1) is 18.4 Å². The van der Waals surface area contributed by atoms with Crippen LogP contribution in [-0.2, 0) is 4.74 Å². The second kappa shape index (κ2) is 5.88. The fraction of sp³-hybridized carbons (Fsp3) is 0.400. The molecule has 1 aromatic rings. The van der Waals surface area contributed by atoms with Crippen molar-refractivity contribution in [3.8, 4) is 11.6 Å². The molecule has 112 valence electrons. The van der Waals surface area contributed by atoms with Gasteiger partial charge in [-0.1, -0.05) is 0 Å². The molecule has 1 rings (SSSR count). The Morgan fingerprint density at radius 2 is 2.05 bits per heavy atom. The van der Waals surface area contributed by atoms with Crippen LogP contribution in [0.2, 0.25) is 0 Å². The molecule has 5 nitrogen and oxygen atoms in total. The van der Waals surface area contributed by atoms with Gasteiger partial charge in [-0.3, -0.25) is 0 Å². The van der Waals surface area contributed by atoms with Gasteiger partial charge in [-0.25, -0.2) is 18.6 Å². The molecule has 0 saturated carbocycles. The second-order valence-electron chi connectivity index (χ2n) is 3.31. The van der Waals surface area contributed by atoms with E-state index in [9.17, 15) is 31.9 Å². The lowest BCUT2D eigenvalue weighted by Crippen LogP contribution is -2.20. The molecule has 0 saturated heterocycles. The summed E-state index contributed by atoms with van der Waals surface area (Å²) in [6.45, 7) is 1.13. The van der Waals surface area contributed by atoms with Gasteiger partial charge in [0, 0.05) is 0 Å². The van der Waals surface area contributed by atoms with Gasteiger partial charge >= 0.3 is 12.3 Å². The minimum absolute atomic E-state index is 0.223. The van der Waals surface area contributed by atoms with Gasteiger partial charge in [-0.15, -0.1) is 13.2 Å². The summed E-state index contributed by atoms with van der Waals surface area (Å²) >= 11 is 0. The summed E-state index contributed by atoms with van der Waals surface area (Å²) < 4.78 is 69.6. The molecule has 0 radical (unpaired) electrons. The van der Waals surface area contributed by atoms with Crippen molar-refractivity contribution in [3.63, 3.8) is 0 Å².